The van der Waals surface area contributed by atoms with Crippen LogP contribution >= 0.6 is 0 Å². The largest absolute Gasteiger partial charge is 0.355 e. The van der Waals surface area contributed by atoms with Gasteiger partial charge in [0.2, 0.25) is 5.91 Å². The maximum absolute atomic E-state index is 12.0. The zero-order valence-corrected chi connectivity index (χ0v) is 15.6. The monoisotopic (exact) mass is 344 g/mol. The number of aliphatic imine (C=N–C) groups is 1. The maximum Gasteiger partial charge on any atom is 0.220 e. The molecule has 25 heavy (non-hydrogen) atoms. The molecule has 0 unspecified atom stereocenters. The van der Waals surface area contributed by atoms with Crippen LogP contribution in [-0.2, 0) is 11.3 Å². The molecule has 1 saturated carbocycles. The van der Waals surface area contributed by atoms with Gasteiger partial charge in [0.05, 0.1) is 0 Å². The van der Waals surface area contributed by atoms with Gasteiger partial charge in [-0.3, -0.25) is 9.79 Å². The molecule has 0 atom stereocenters. The summed E-state index contributed by atoms with van der Waals surface area (Å²) in [5.41, 5.74) is 2.48. The first-order valence-corrected chi connectivity index (χ1v) is 9.44. The second-order valence-corrected chi connectivity index (χ2v) is 6.90. The number of carbonyl (C=O) groups excluding carboxylic acids is 1. The minimum Gasteiger partial charge on any atom is -0.355 e. The average molecular weight is 345 g/mol. The Balaban J connectivity index is 1.58. The molecule has 0 radical (unpaired) electrons. The first kappa shape index (κ1) is 19.3. The molecule has 1 aromatic carbocycles. The second-order valence-electron chi connectivity index (χ2n) is 6.90. The van der Waals surface area contributed by atoms with E-state index in [1.807, 2.05) is 0 Å². The molecule has 1 amide bonds. The van der Waals surface area contributed by atoms with Crippen LogP contribution in [0.1, 0.15) is 49.7 Å². The van der Waals surface area contributed by atoms with Gasteiger partial charge >= 0.3 is 0 Å². The summed E-state index contributed by atoms with van der Waals surface area (Å²) in [4.78, 5) is 16.2. The summed E-state index contributed by atoms with van der Waals surface area (Å²) in [5.74, 6) is 1.52. The van der Waals surface area contributed by atoms with Gasteiger partial charge in [0.25, 0.3) is 0 Å². The first-order chi connectivity index (χ1) is 12.2. The molecule has 138 valence electrons. The molecule has 1 aromatic rings. The molecular formula is C20H32N4O. The maximum atomic E-state index is 12.0. The molecule has 2 rings (SSSR count). The third kappa shape index (κ3) is 7.59. The van der Waals surface area contributed by atoms with E-state index in [1.54, 1.807) is 7.05 Å². The van der Waals surface area contributed by atoms with Crippen LogP contribution in [0.4, 0.5) is 0 Å². The predicted octanol–water partition coefficient (Wildman–Crippen LogP) is 2.75. The Morgan fingerprint density at radius 3 is 2.40 bits per heavy atom. The van der Waals surface area contributed by atoms with Crippen molar-refractivity contribution in [2.24, 2.45) is 10.9 Å². The van der Waals surface area contributed by atoms with Gasteiger partial charge in [0.15, 0.2) is 5.96 Å². The lowest BCUT2D eigenvalue weighted by Crippen LogP contribution is -2.41. The van der Waals surface area contributed by atoms with Crippen LogP contribution in [0, 0.1) is 12.8 Å². The van der Waals surface area contributed by atoms with Gasteiger partial charge in [-0.2, -0.15) is 0 Å². The number of amides is 1. The third-order valence-electron chi connectivity index (χ3n) is 4.74. The van der Waals surface area contributed by atoms with E-state index in [9.17, 15) is 4.79 Å². The Morgan fingerprint density at radius 2 is 1.72 bits per heavy atom. The topological polar surface area (TPSA) is 65.5 Å². The molecule has 5 nitrogen and oxygen atoms in total. The standard InChI is InChI=1S/C20H32N4O/c1-16-8-10-18(11-9-16)15-24-20(21-2)23-13-12-22-19(25)14-17-6-4-3-5-7-17/h8-11,17H,3-7,12-15H2,1-2H3,(H,22,25)(H2,21,23,24). The Labute approximate surface area is 151 Å². The van der Waals surface area contributed by atoms with Crippen molar-refractivity contribution >= 4 is 11.9 Å². The number of hydrogen-bond donors (Lipinski definition) is 3. The summed E-state index contributed by atoms with van der Waals surface area (Å²) in [6, 6.07) is 8.44. The highest BCUT2D eigenvalue weighted by molar-refractivity contribution is 5.80. The number of nitrogens with one attached hydrogen (secondary N) is 3. The van der Waals surface area contributed by atoms with Gasteiger partial charge in [-0.15, -0.1) is 0 Å². The second kappa shape index (κ2) is 10.7. The summed E-state index contributed by atoms with van der Waals surface area (Å²) >= 11 is 0. The molecule has 0 heterocycles. The fourth-order valence-electron chi connectivity index (χ4n) is 3.22. The number of hydrogen-bond acceptors (Lipinski definition) is 2. The van der Waals surface area contributed by atoms with E-state index in [0.717, 1.165) is 12.5 Å². The van der Waals surface area contributed by atoms with Crippen LogP contribution in [0.25, 0.3) is 0 Å². The van der Waals surface area contributed by atoms with E-state index in [0.29, 0.717) is 25.4 Å². The first-order valence-electron chi connectivity index (χ1n) is 9.44. The van der Waals surface area contributed by atoms with Crippen molar-refractivity contribution < 1.29 is 4.79 Å². The Hall–Kier alpha value is -2.04. The van der Waals surface area contributed by atoms with E-state index in [4.69, 9.17) is 0 Å². The summed E-state index contributed by atoms with van der Waals surface area (Å²) in [6.45, 7) is 4.11. The van der Waals surface area contributed by atoms with E-state index < -0.39 is 0 Å². The summed E-state index contributed by atoms with van der Waals surface area (Å²) in [6.07, 6.45) is 6.99. The highest BCUT2D eigenvalue weighted by Gasteiger charge is 2.16. The van der Waals surface area contributed by atoms with Crippen LogP contribution in [0.5, 0.6) is 0 Å². The van der Waals surface area contributed by atoms with E-state index in [1.165, 1.54) is 43.2 Å². The van der Waals surface area contributed by atoms with E-state index in [2.05, 4.69) is 52.1 Å². The highest BCUT2D eigenvalue weighted by atomic mass is 16.1. The minimum atomic E-state index is 0.177. The molecule has 0 aromatic heterocycles. The SMILES string of the molecule is CN=C(NCCNC(=O)CC1CCCCC1)NCc1ccc(C)cc1. The zero-order valence-electron chi connectivity index (χ0n) is 15.6. The zero-order chi connectivity index (χ0) is 17.9. The average Bonchev–Trinajstić information content (AvgIpc) is 2.63. The van der Waals surface area contributed by atoms with Crippen molar-refractivity contribution in [1.29, 1.82) is 0 Å². The Kier molecular flexibility index (Phi) is 8.29. The lowest BCUT2D eigenvalue weighted by atomic mass is 9.87. The molecule has 0 saturated heterocycles. The van der Waals surface area contributed by atoms with E-state index >= 15 is 0 Å². The van der Waals surface area contributed by atoms with E-state index in [-0.39, 0.29) is 5.91 Å². The summed E-state index contributed by atoms with van der Waals surface area (Å²) in [5, 5.41) is 9.52. The molecular weight excluding hydrogens is 312 g/mol. The van der Waals surface area contributed by atoms with Crippen LogP contribution in [0.2, 0.25) is 0 Å². The number of rotatable bonds is 7. The number of guanidine groups is 1. The van der Waals surface area contributed by atoms with Gasteiger partial charge in [0.1, 0.15) is 0 Å². The lowest BCUT2D eigenvalue weighted by molar-refractivity contribution is -0.122. The van der Waals surface area contributed by atoms with Crippen LogP contribution in [0.3, 0.4) is 0 Å². The molecule has 5 heteroatoms. The number of benzene rings is 1. The molecule has 0 bridgehead atoms. The van der Waals surface area contributed by atoms with Crippen LogP contribution < -0.4 is 16.0 Å². The van der Waals surface area contributed by atoms with Gasteiger partial charge in [-0.1, -0.05) is 49.1 Å². The molecule has 0 aliphatic heterocycles. The predicted molar refractivity (Wildman–Crippen MR) is 104 cm³/mol. The number of carbonyl (C=O) groups is 1. The molecule has 1 aliphatic carbocycles. The lowest BCUT2D eigenvalue weighted by Gasteiger charge is -2.20. The fourth-order valence-corrected chi connectivity index (χ4v) is 3.22. The van der Waals surface area contributed by atoms with Gasteiger partial charge < -0.3 is 16.0 Å². The normalized spacial score (nSPS) is 15.7. The summed E-state index contributed by atoms with van der Waals surface area (Å²) < 4.78 is 0. The van der Waals surface area contributed by atoms with Gasteiger partial charge in [-0.05, 0) is 31.2 Å². The van der Waals surface area contributed by atoms with Crippen molar-refractivity contribution in [1.82, 2.24) is 16.0 Å². The van der Waals surface area contributed by atoms with Crippen molar-refractivity contribution in [2.45, 2.75) is 52.0 Å². The van der Waals surface area contributed by atoms with Gasteiger partial charge in [0, 0.05) is 33.1 Å². The van der Waals surface area contributed by atoms with Crippen LogP contribution in [-0.4, -0.2) is 32.0 Å². The molecule has 1 fully saturated rings. The third-order valence-corrected chi connectivity index (χ3v) is 4.74. The fraction of sp³-hybridized carbons (Fsp3) is 0.600. The molecule has 3 N–H and O–H groups in total. The Bertz CT molecular complexity index is 547. The summed E-state index contributed by atoms with van der Waals surface area (Å²) in [7, 11) is 1.76. The Morgan fingerprint density at radius 1 is 1.04 bits per heavy atom. The highest BCUT2D eigenvalue weighted by Crippen LogP contribution is 2.25. The quantitative estimate of drug-likeness (QED) is 0.405. The van der Waals surface area contributed by atoms with Crippen molar-refractivity contribution in [3.8, 4) is 0 Å². The molecule has 1 aliphatic rings. The van der Waals surface area contributed by atoms with Gasteiger partial charge in [-0.25, -0.2) is 0 Å². The van der Waals surface area contributed by atoms with Crippen LogP contribution in [0.15, 0.2) is 29.3 Å². The number of nitrogens with zero attached hydrogens (tertiary/aromatic N) is 1. The minimum absolute atomic E-state index is 0.177. The van der Waals surface area contributed by atoms with Crippen molar-refractivity contribution in [2.75, 3.05) is 20.1 Å². The van der Waals surface area contributed by atoms with Crippen molar-refractivity contribution in [3.05, 3.63) is 35.4 Å². The van der Waals surface area contributed by atoms with Crippen molar-refractivity contribution in [3.63, 3.8) is 0 Å². The molecule has 0 spiro atoms. The number of aryl methyl sites for hydroxylation is 1. The smallest absolute Gasteiger partial charge is 0.220 e.